The van der Waals surface area contributed by atoms with Crippen LogP contribution in [0.15, 0.2) is 42.5 Å². The largest absolute Gasteiger partial charge is 0.493 e. The number of para-hydroxylation sites is 1. The van der Waals surface area contributed by atoms with Crippen molar-refractivity contribution in [3.05, 3.63) is 48.0 Å². The van der Waals surface area contributed by atoms with Crippen LogP contribution in [-0.2, 0) is 4.79 Å². The van der Waals surface area contributed by atoms with Gasteiger partial charge in [-0.05, 0) is 45.0 Å². The number of hydrogen-bond acceptors (Lipinski definition) is 5. The lowest BCUT2D eigenvalue weighted by atomic mass is 10.1. The van der Waals surface area contributed by atoms with Gasteiger partial charge in [0.15, 0.2) is 11.5 Å². The van der Waals surface area contributed by atoms with Crippen molar-refractivity contribution in [3.8, 4) is 17.2 Å². The van der Waals surface area contributed by atoms with E-state index in [-0.39, 0.29) is 18.4 Å². The zero-order chi connectivity index (χ0) is 21.2. The highest BCUT2D eigenvalue weighted by Gasteiger charge is 2.19. The molecular weight excluding hydrogens is 372 g/mol. The molecule has 0 aliphatic carbocycles. The molecular formula is C22H28N2O5. The van der Waals surface area contributed by atoms with E-state index in [0.29, 0.717) is 48.3 Å². The first-order valence-electron chi connectivity index (χ1n) is 9.66. The third-order valence-electron chi connectivity index (χ3n) is 3.97. The van der Waals surface area contributed by atoms with E-state index in [0.717, 1.165) is 0 Å². The van der Waals surface area contributed by atoms with Gasteiger partial charge in [-0.3, -0.25) is 9.59 Å². The van der Waals surface area contributed by atoms with Crippen molar-refractivity contribution < 1.29 is 23.8 Å². The molecule has 2 amide bonds. The summed E-state index contributed by atoms with van der Waals surface area (Å²) in [4.78, 5) is 26.5. The van der Waals surface area contributed by atoms with Crippen LogP contribution in [0.4, 0.5) is 5.69 Å². The van der Waals surface area contributed by atoms with Crippen molar-refractivity contribution in [1.82, 2.24) is 4.90 Å². The first-order valence-corrected chi connectivity index (χ1v) is 9.66. The summed E-state index contributed by atoms with van der Waals surface area (Å²) >= 11 is 0. The molecule has 0 unspecified atom stereocenters. The highest BCUT2D eigenvalue weighted by Crippen LogP contribution is 2.30. The van der Waals surface area contributed by atoms with E-state index in [2.05, 4.69) is 5.32 Å². The Hall–Kier alpha value is -3.22. The molecule has 0 fully saturated rings. The van der Waals surface area contributed by atoms with E-state index in [4.69, 9.17) is 14.2 Å². The number of carbonyl (C=O) groups is 2. The summed E-state index contributed by atoms with van der Waals surface area (Å²) in [6.07, 6.45) is 0. The Balaban J connectivity index is 2.05. The van der Waals surface area contributed by atoms with Crippen molar-refractivity contribution >= 4 is 17.5 Å². The van der Waals surface area contributed by atoms with Crippen LogP contribution in [0.25, 0.3) is 0 Å². The maximum Gasteiger partial charge on any atom is 0.257 e. The van der Waals surface area contributed by atoms with Gasteiger partial charge >= 0.3 is 0 Å². The van der Waals surface area contributed by atoms with E-state index in [9.17, 15) is 9.59 Å². The summed E-state index contributed by atoms with van der Waals surface area (Å²) in [5.41, 5.74) is 0.988. The molecule has 7 heteroatoms. The van der Waals surface area contributed by atoms with Crippen molar-refractivity contribution in [2.24, 2.45) is 0 Å². The number of benzene rings is 2. The standard InChI is InChI=1S/C22H28N2O5/c1-5-27-18-11-9-8-10-17(18)22(26)24(4)15-21(25)23-16-12-13-19(28-6-2)20(14-16)29-7-3/h8-14H,5-7,15H2,1-4H3,(H,23,25). The Morgan fingerprint density at radius 3 is 2.17 bits per heavy atom. The molecule has 0 aromatic heterocycles. The average Bonchev–Trinajstić information content (AvgIpc) is 2.70. The molecule has 2 rings (SSSR count). The van der Waals surface area contributed by atoms with E-state index in [1.165, 1.54) is 4.90 Å². The molecule has 0 bridgehead atoms. The molecule has 156 valence electrons. The van der Waals surface area contributed by atoms with Crippen molar-refractivity contribution in [3.63, 3.8) is 0 Å². The Kier molecular flexibility index (Phi) is 8.33. The lowest BCUT2D eigenvalue weighted by Gasteiger charge is -2.19. The normalized spacial score (nSPS) is 10.2. The SMILES string of the molecule is CCOc1ccc(NC(=O)CN(C)C(=O)c2ccccc2OCC)cc1OCC. The number of nitrogens with zero attached hydrogens (tertiary/aromatic N) is 1. The van der Waals surface area contributed by atoms with Crippen LogP contribution in [-0.4, -0.2) is 50.1 Å². The van der Waals surface area contributed by atoms with Crippen molar-refractivity contribution in [2.45, 2.75) is 20.8 Å². The molecule has 0 atom stereocenters. The van der Waals surface area contributed by atoms with Crippen LogP contribution in [0.1, 0.15) is 31.1 Å². The Labute approximate surface area is 171 Å². The second-order valence-electron chi connectivity index (χ2n) is 6.17. The summed E-state index contributed by atoms with van der Waals surface area (Å²) in [5, 5.41) is 2.79. The molecule has 0 aliphatic rings. The molecule has 0 saturated heterocycles. The average molecular weight is 400 g/mol. The lowest BCUT2D eigenvalue weighted by molar-refractivity contribution is -0.116. The van der Waals surface area contributed by atoms with Gasteiger partial charge in [0.05, 0.1) is 31.9 Å². The van der Waals surface area contributed by atoms with Crippen LogP contribution in [0.5, 0.6) is 17.2 Å². The minimum Gasteiger partial charge on any atom is -0.493 e. The Morgan fingerprint density at radius 2 is 1.48 bits per heavy atom. The van der Waals surface area contributed by atoms with Gasteiger partial charge in [0.2, 0.25) is 5.91 Å². The summed E-state index contributed by atoms with van der Waals surface area (Å²) in [5.74, 6) is 1.07. The number of carbonyl (C=O) groups excluding carboxylic acids is 2. The number of ether oxygens (including phenoxy) is 3. The van der Waals surface area contributed by atoms with E-state index >= 15 is 0 Å². The fourth-order valence-electron chi connectivity index (χ4n) is 2.75. The number of hydrogen-bond donors (Lipinski definition) is 1. The molecule has 0 spiro atoms. The van der Waals surface area contributed by atoms with Crippen LogP contribution in [0.2, 0.25) is 0 Å². The van der Waals surface area contributed by atoms with E-state index < -0.39 is 0 Å². The first kappa shape index (κ1) is 22.1. The smallest absolute Gasteiger partial charge is 0.257 e. The van der Waals surface area contributed by atoms with Crippen LogP contribution in [0, 0.1) is 0 Å². The van der Waals surface area contributed by atoms with Gasteiger partial charge < -0.3 is 24.4 Å². The monoisotopic (exact) mass is 400 g/mol. The van der Waals surface area contributed by atoms with Crippen LogP contribution >= 0.6 is 0 Å². The molecule has 0 radical (unpaired) electrons. The predicted octanol–water partition coefficient (Wildman–Crippen LogP) is 3.59. The highest BCUT2D eigenvalue weighted by molar-refractivity contribution is 6.00. The van der Waals surface area contributed by atoms with E-state index in [1.54, 1.807) is 49.5 Å². The van der Waals surface area contributed by atoms with Gasteiger partial charge in [-0.15, -0.1) is 0 Å². The molecule has 2 aromatic rings. The molecule has 29 heavy (non-hydrogen) atoms. The Bertz CT molecular complexity index is 838. The fourth-order valence-corrected chi connectivity index (χ4v) is 2.75. The quantitative estimate of drug-likeness (QED) is 0.659. The second-order valence-corrected chi connectivity index (χ2v) is 6.17. The van der Waals surface area contributed by atoms with Gasteiger partial charge in [0.1, 0.15) is 5.75 Å². The van der Waals surface area contributed by atoms with Gasteiger partial charge in [-0.25, -0.2) is 0 Å². The van der Waals surface area contributed by atoms with Gasteiger partial charge in [0.25, 0.3) is 5.91 Å². The molecule has 2 aromatic carbocycles. The lowest BCUT2D eigenvalue weighted by Crippen LogP contribution is -2.35. The Morgan fingerprint density at radius 1 is 0.862 bits per heavy atom. The number of anilines is 1. The first-order chi connectivity index (χ1) is 14.0. The highest BCUT2D eigenvalue weighted by atomic mass is 16.5. The zero-order valence-corrected chi connectivity index (χ0v) is 17.4. The second kappa shape index (κ2) is 10.9. The summed E-state index contributed by atoms with van der Waals surface area (Å²) in [7, 11) is 1.58. The summed E-state index contributed by atoms with van der Waals surface area (Å²) in [6, 6.07) is 12.2. The summed E-state index contributed by atoms with van der Waals surface area (Å²) < 4.78 is 16.6. The van der Waals surface area contributed by atoms with Crippen molar-refractivity contribution in [2.75, 3.05) is 38.7 Å². The summed E-state index contributed by atoms with van der Waals surface area (Å²) in [6.45, 7) is 6.97. The minimum atomic E-state index is -0.318. The number of amides is 2. The molecule has 0 aliphatic heterocycles. The number of nitrogens with one attached hydrogen (secondary N) is 1. The minimum absolute atomic E-state index is 0.101. The third kappa shape index (κ3) is 6.14. The molecule has 1 N–H and O–H groups in total. The molecule has 0 saturated carbocycles. The molecule has 0 heterocycles. The fraction of sp³-hybridized carbons (Fsp3) is 0.364. The predicted molar refractivity (Wildman–Crippen MR) is 112 cm³/mol. The third-order valence-corrected chi connectivity index (χ3v) is 3.97. The number of rotatable bonds is 10. The number of likely N-dealkylation sites (N-methyl/N-ethyl adjacent to an activating group) is 1. The van der Waals surface area contributed by atoms with Crippen molar-refractivity contribution in [1.29, 1.82) is 0 Å². The van der Waals surface area contributed by atoms with Gasteiger partial charge in [-0.2, -0.15) is 0 Å². The van der Waals surface area contributed by atoms with E-state index in [1.807, 2.05) is 20.8 Å². The van der Waals surface area contributed by atoms with Gasteiger partial charge in [-0.1, -0.05) is 12.1 Å². The molecule has 7 nitrogen and oxygen atoms in total. The van der Waals surface area contributed by atoms with Crippen LogP contribution in [0.3, 0.4) is 0 Å². The maximum absolute atomic E-state index is 12.7. The van der Waals surface area contributed by atoms with Gasteiger partial charge in [0, 0.05) is 18.8 Å². The maximum atomic E-state index is 12.7. The van der Waals surface area contributed by atoms with Crippen LogP contribution < -0.4 is 19.5 Å². The zero-order valence-electron chi connectivity index (χ0n) is 17.4. The topological polar surface area (TPSA) is 77.1 Å².